The molecule has 10 heteroatoms. The Bertz CT molecular complexity index is 1470. The summed E-state index contributed by atoms with van der Waals surface area (Å²) >= 11 is 12.2. The SMILES string of the molecule is C/C(=N\Nc1nc2c(c(=O)n(Cc3ccc(Cl)cc3Cl)c(=O)n2C)n1C)c1ccccc1. The number of anilines is 1. The van der Waals surface area contributed by atoms with E-state index in [4.69, 9.17) is 23.2 Å². The molecular weight excluding hydrogens is 451 g/mol. The fourth-order valence-electron chi connectivity index (χ4n) is 3.38. The Morgan fingerprint density at radius 1 is 1.06 bits per heavy atom. The molecule has 4 rings (SSSR count). The fraction of sp³-hybridized carbons (Fsp3) is 0.182. The lowest BCUT2D eigenvalue weighted by Crippen LogP contribution is -2.39. The van der Waals surface area contributed by atoms with Gasteiger partial charge in [0.05, 0.1) is 12.3 Å². The molecule has 0 spiro atoms. The summed E-state index contributed by atoms with van der Waals surface area (Å²) in [5.41, 5.74) is 4.77. The van der Waals surface area contributed by atoms with Crippen LogP contribution in [0, 0.1) is 0 Å². The molecule has 2 aromatic carbocycles. The monoisotopic (exact) mass is 470 g/mol. The Balaban J connectivity index is 1.77. The molecule has 2 aromatic heterocycles. The summed E-state index contributed by atoms with van der Waals surface area (Å²) in [6, 6.07) is 14.6. The number of hydrazone groups is 1. The van der Waals surface area contributed by atoms with Gasteiger partial charge in [0.15, 0.2) is 11.2 Å². The quantitative estimate of drug-likeness (QED) is 0.356. The van der Waals surface area contributed by atoms with Gasteiger partial charge in [-0.3, -0.25) is 13.9 Å². The number of nitrogens with one attached hydrogen (secondary N) is 1. The highest BCUT2D eigenvalue weighted by Gasteiger charge is 2.19. The second kappa shape index (κ2) is 8.64. The third-order valence-electron chi connectivity index (χ3n) is 5.22. The number of fused-ring (bicyclic) bond motifs is 1. The molecule has 0 aliphatic heterocycles. The van der Waals surface area contributed by atoms with Crippen LogP contribution in [-0.2, 0) is 20.6 Å². The van der Waals surface area contributed by atoms with Gasteiger partial charge in [0, 0.05) is 24.1 Å². The van der Waals surface area contributed by atoms with Crippen molar-refractivity contribution in [1.29, 1.82) is 0 Å². The Morgan fingerprint density at radius 3 is 2.47 bits per heavy atom. The van der Waals surface area contributed by atoms with E-state index < -0.39 is 11.2 Å². The first-order valence-electron chi connectivity index (χ1n) is 9.74. The van der Waals surface area contributed by atoms with Crippen LogP contribution in [-0.4, -0.2) is 24.4 Å². The summed E-state index contributed by atoms with van der Waals surface area (Å²) < 4.78 is 4.04. The van der Waals surface area contributed by atoms with Gasteiger partial charge in [-0.2, -0.15) is 10.1 Å². The maximum atomic E-state index is 13.2. The van der Waals surface area contributed by atoms with Gasteiger partial charge in [-0.25, -0.2) is 10.2 Å². The first kappa shape index (κ1) is 21.9. The van der Waals surface area contributed by atoms with E-state index in [9.17, 15) is 9.59 Å². The zero-order valence-corrected chi connectivity index (χ0v) is 19.1. The van der Waals surface area contributed by atoms with Gasteiger partial charge in [-0.05, 0) is 30.2 Å². The van der Waals surface area contributed by atoms with E-state index in [2.05, 4.69) is 15.5 Å². The van der Waals surface area contributed by atoms with Gasteiger partial charge >= 0.3 is 5.69 Å². The number of halogens is 2. The normalized spacial score (nSPS) is 11.8. The van der Waals surface area contributed by atoms with E-state index >= 15 is 0 Å². The van der Waals surface area contributed by atoms with E-state index in [0.29, 0.717) is 21.6 Å². The van der Waals surface area contributed by atoms with Crippen LogP contribution in [0.25, 0.3) is 11.2 Å². The lowest BCUT2D eigenvalue weighted by molar-refractivity contribution is 0.655. The molecule has 0 radical (unpaired) electrons. The number of rotatable bonds is 5. The van der Waals surface area contributed by atoms with Crippen LogP contribution in [0.15, 0.2) is 63.2 Å². The molecule has 0 amide bonds. The van der Waals surface area contributed by atoms with Crippen LogP contribution >= 0.6 is 23.2 Å². The highest BCUT2D eigenvalue weighted by molar-refractivity contribution is 6.35. The van der Waals surface area contributed by atoms with Crippen molar-refractivity contribution >= 4 is 46.0 Å². The minimum atomic E-state index is -0.498. The number of hydrogen-bond acceptors (Lipinski definition) is 5. The van der Waals surface area contributed by atoms with Crippen LogP contribution in [0.2, 0.25) is 10.0 Å². The summed E-state index contributed by atoms with van der Waals surface area (Å²) in [6.07, 6.45) is 0. The molecule has 0 saturated carbocycles. The number of aromatic nitrogens is 4. The second-order valence-electron chi connectivity index (χ2n) is 7.31. The van der Waals surface area contributed by atoms with Gasteiger partial charge in [-0.1, -0.05) is 59.6 Å². The first-order chi connectivity index (χ1) is 15.3. The van der Waals surface area contributed by atoms with Crippen LogP contribution in [0.4, 0.5) is 5.95 Å². The summed E-state index contributed by atoms with van der Waals surface area (Å²) in [7, 11) is 3.26. The highest BCUT2D eigenvalue weighted by Crippen LogP contribution is 2.21. The molecule has 164 valence electrons. The van der Waals surface area contributed by atoms with Crippen LogP contribution in [0.3, 0.4) is 0 Å². The summed E-state index contributed by atoms with van der Waals surface area (Å²) in [5, 5.41) is 5.22. The summed E-state index contributed by atoms with van der Waals surface area (Å²) in [5.74, 6) is 0.338. The summed E-state index contributed by atoms with van der Waals surface area (Å²) in [6.45, 7) is 1.88. The van der Waals surface area contributed by atoms with Crippen LogP contribution < -0.4 is 16.7 Å². The van der Waals surface area contributed by atoms with Gasteiger partial charge in [0.2, 0.25) is 5.95 Å². The molecule has 0 aliphatic rings. The van der Waals surface area contributed by atoms with Crippen molar-refractivity contribution in [3.8, 4) is 0 Å². The molecule has 1 N–H and O–H groups in total. The number of aryl methyl sites for hydroxylation is 2. The third kappa shape index (κ3) is 3.94. The van der Waals surface area contributed by atoms with Crippen molar-refractivity contribution in [3.63, 3.8) is 0 Å². The first-order valence-corrected chi connectivity index (χ1v) is 10.5. The molecule has 0 bridgehead atoms. The average Bonchev–Trinajstić information content (AvgIpc) is 3.12. The van der Waals surface area contributed by atoms with E-state index in [-0.39, 0.29) is 17.7 Å². The standard InChI is InChI=1S/C22H20Cl2N6O2/c1-13(14-7-5-4-6-8-14)26-27-21-25-19-18(28(21)2)20(31)30(22(32)29(19)3)12-15-9-10-16(23)11-17(15)24/h4-11H,12H2,1-3H3,(H,25,27)/b26-13+. The van der Waals surface area contributed by atoms with E-state index in [1.165, 1.54) is 4.57 Å². The van der Waals surface area contributed by atoms with Crippen molar-refractivity contribution in [1.82, 2.24) is 18.7 Å². The van der Waals surface area contributed by atoms with Gasteiger partial charge < -0.3 is 4.57 Å². The third-order valence-corrected chi connectivity index (χ3v) is 5.81. The van der Waals surface area contributed by atoms with Crippen molar-refractivity contribution < 1.29 is 0 Å². The Labute approximate surface area is 193 Å². The zero-order valence-electron chi connectivity index (χ0n) is 17.6. The topological polar surface area (TPSA) is 86.2 Å². The van der Waals surface area contributed by atoms with Crippen molar-refractivity contribution in [3.05, 3.63) is 90.5 Å². The molecule has 4 aromatic rings. The average molecular weight is 471 g/mol. The molecule has 2 heterocycles. The van der Waals surface area contributed by atoms with Gasteiger partial charge in [0.1, 0.15) is 0 Å². The molecule has 0 atom stereocenters. The van der Waals surface area contributed by atoms with Gasteiger partial charge in [0.25, 0.3) is 5.56 Å². The lowest BCUT2D eigenvalue weighted by Gasteiger charge is -2.10. The lowest BCUT2D eigenvalue weighted by atomic mass is 10.1. The minimum absolute atomic E-state index is 0.0106. The molecule has 32 heavy (non-hydrogen) atoms. The van der Waals surface area contributed by atoms with Crippen LogP contribution in [0.5, 0.6) is 0 Å². The molecule has 8 nitrogen and oxygen atoms in total. The number of benzene rings is 2. The Morgan fingerprint density at radius 2 is 1.78 bits per heavy atom. The molecule has 0 saturated heterocycles. The number of hydrogen-bond donors (Lipinski definition) is 1. The van der Waals surface area contributed by atoms with Gasteiger partial charge in [-0.15, -0.1) is 0 Å². The largest absolute Gasteiger partial charge is 0.332 e. The smallest absolute Gasteiger partial charge is 0.306 e. The Hall–Kier alpha value is -3.36. The molecule has 0 fully saturated rings. The summed E-state index contributed by atoms with van der Waals surface area (Å²) in [4.78, 5) is 30.6. The maximum absolute atomic E-state index is 13.2. The van der Waals surface area contributed by atoms with Crippen molar-refractivity contribution in [2.24, 2.45) is 19.2 Å². The van der Waals surface area contributed by atoms with Crippen molar-refractivity contribution in [2.75, 3.05) is 5.43 Å². The fourth-order valence-corrected chi connectivity index (χ4v) is 3.85. The highest BCUT2D eigenvalue weighted by atomic mass is 35.5. The van der Waals surface area contributed by atoms with E-state index in [1.54, 1.807) is 36.9 Å². The number of imidazole rings is 1. The van der Waals surface area contributed by atoms with E-state index in [1.807, 2.05) is 37.3 Å². The molecule has 0 aliphatic carbocycles. The minimum Gasteiger partial charge on any atom is -0.306 e. The second-order valence-corrected chi connectivity index (χ2v) is 8.15. The van der Waals surface area contributed by atoms with Crippen molar-refractivity contribution in [2.45, 2.75) is 13.5 Å². The Kier molecular flexibility index (Phi) is 5.90. The predicted molar refractivity (Wildman–Crippen MR) is 128 cm³/mol. The van der Waals surface area contributed by atoms with E-state index in [0.717, 1.165) is 15.8 Å². The van der Waals surface area contributed by atoms with Crippen LogP contribution in [0.1, 0.15) is 18.1 Å². The predicted octanol–water partition coefficient (Wildman–Crippen LogP) is 3.62. The zero-order chi connectivity index (χ0) is 23.0. The maximum Gasteiger partial charge on any atom is 0.332 e. The number of nitrogens with zero attached hydrogens (tertiary/aromatic N) is 5. The molecule has 0 unspecified atom stereocenters. The molecular formula is C22H20Cl2N6O2.